The largest absolute Gasteiger partial charge is 0.493 e. The minimum atomic E-state index is -0.459. The fraction of sp³-hybridized carbons (Fsp3) is 0.154. The van der Waals surface area contributed by atoms with Crippen molar-refractivity contribution in [3.63, 3.8) is 0 Å². The van der Waals surface area contributed by atoms with Gasteiger partial charge in [-0.05, 0) is 54.1 Å². The van der Waals surface area contributed by atoms with Gasteiger partial charge in [-0.15, -0.1) is 0 Å². The van der Waals surface area contributed by atoms with Crippen LogP contribution in [-0.4, -0.2) is 28.1 Å². The van der Waals surface area contributed by atoms with E-state index in [1.165, 1.54) is 18.1 Å². The molecule has 4 rings (SSSR count). The maximum Gasteiger partial charge on any atom is 0.293 e. The van der Waals surface area contributed by atoms with Gasteiger partial charge in [-0.3, -0.25) is 24.6 Å². The van der Waals surface area contributed by atoms with Gasteiger partial charge in [0, 0.05) is 6.07 Å². The van der Waals surface area contributed by atoms with Gasteiger partial charge in [-0.1, -0.05) is 48.0 Å². The Hall–Kier alpha value is -4.11. The number of hydrogen-bond donors (Lipinski definition) is 0. The number of carbonyl (C=O) groups is 2. The van der Waals surface area contributed by atoms with Crippen LogP contribution in [0.4, 0.5) is 10.5 Å². The molecule has 0 saturated carbocycles. The molecule has 0 bridgehead atoms. The van der Waals surface area contributed by atoms with Gasteiger partial charge in [0.1, 0.15) is 6.61 Å². The molecule has 0 aliphatic carbocycles. The number of rotatable bonds is 8. The number of aryl methyl sites for hydroxylation is 1. The summed E-state index contributed by atoms with van der Waals surface area (Å²) < 4.78 is 11.2. The predicted octanol–water partition coefficient (Wildman–Crippen LogP) is 5.73. The molecule has 1 fully saturated rings. The fourth-order valence-electron chi connectivity index (χ4n) is 3.64. The second-order valence-electron chi connectivity index (χ2n) is 7.84. The molecule has 1 aliphatic heterocycles. The zero-order chi connectivity index (χ0) is 24.9. The van der Waals surface area contributed by atoms with Crippen LogP contribution in [0.25, 0.3) is 6.08 Å². The van der Waals surface area contributed by atoms with E-state index in [0.29, 0.717) is 27.5 Å². The Kier molecular flexibility index (Phi) is 7.17. The number of amides is 2. The van der Waals surface area contributed by atoms with Gasteiger partial charge in [0.05, 0.1) is 29.0 Å². The predicted molar refractivity (Wildman–Crippen MR) is 133 cm³/mol. The second-order valence-corrected chi connectivity index (χ2v) is 8.83. The molecule has 0 unspecified atom stereocenters. The second kappa shape index (κ2) is 10.4. The van der Waals surface area contributed by atoms with Crippen molar-refractivity contribution in [2.75, 3.05) is 7.11 Å². The smallest absolute Gasteiger partial charge is 0.293 e. The average molecular weight is 491 g/mol. The third-order valence-corrected chi connectivity index (χ3v) is 6.26. The Morgan fingerprint density at radius 3 is 2.57 bits per heavy atom. The Bertz CT molecular complexity index is 1340. The van der Waals surface area contributed by atoms with E-state index in [-0.39, 0.29) is 30.0 Å². The Labute approximate surface area is 206 Å². The lowest BCUT2D eigenvalue weighted by molar-refractivity contribution is -0.385. The van der Waals surface area contributed by atoms with E-state index in [1.54, 1.807) is 42.5 Å². The van der Waals surface area contributed by atoms with Crippen LogP contribution in [0.2, 0.25) is 0 Å². The van der Waals surface area contributed by atoms with E-state index < -0.39 is 4.92 Å². The van der Waals surface area contributed by atoms with Gasteiger partial charge in [0.25, 0.3) is 16.8 Å². The third-order valence-electron chi connectivity index (χ3n) is 5.35. The summed E-state index contributed by atoms with van der Waals surface area (Å²) >= 11 is 0.883. The molecule has 0 N–H and O–H groups in total. The van der Waals surface area contributed by atoms with E-state index >= 15 is 0 Å². The van der Waals surface area contributed by atoms with Gasteiger partial charge >= 0.3 is 0 Å². The molecule has 178 valence electrons. The lowest BCUT2D eigenvalue weighted by atomic mass is 10.1. The number of nitro groups is 1. The number of imide groups is 1. The number of thioether (sulfide) groups is 1. The summed E-state index contributed by atoms with van der Waals surface area (Å²) in [6.45, 7) is 2.12. The van der Waals surface area contributed by atoms with Gasteiger partial charge in [0.15, 0.2) is 11.5 Å². The highest BCUT2D eigenvalue weighted by atomic mass is 32.2. The first-order chi connectivity index (χ1) is 16.9. The first kappa shape index (κ1) is 24.0. The van der Waals surface area contributed by atoms with Gasteiger partial charge < -0.3 is 9.47 Å². The number of para-hydroxylation sites is 1. The molecule has 1 heterocycles. The van der Waals surface area contributed by atoms with Crippen LogP contribution in [-0.2, 0) is 17.9 Å². The molecule has 8 nitrogen and oxygen atoms in total. The Balaban J connectivity index is 1.54. The molecule has 3 aromatic carbocycles. The zero-order valence-electron chi connectivity index (χ0n) is 19.1. The third kappa shape index (κ3) is 5.52. The first-order valence-electron chi connectivity index (χ1n) is 10.7. The minimum Gasteiger partial charge on any atom is -0.493 e. The highest BCUT2D eigenvalue weighted by Crippen LogP contribution is 2.36. The summed E-state index contributed by atoms with van der Waals surface area (Å²) in [4.78, 5) is 37.8. The number of carbonyl (C=O) groups excluding carboxylic acids is 2. The molecule has 35 heavy (non-hydrogen) atoms. The number of hydrogen-bond acceptors (Lipinski definition) is 7. The van der Waals surface area contributed by atoms with Crippen molar-refractivity contribution in [2.45, 2.75) is 20.1 Å². The van der Waals surface area contributed by atoms with Crippen molar-refractivity contribution >= 4 is 34.7 Å². The maximum absolute atomic E-state index is 12.9. The average Bonchev–Trinajstić information content (AvgIpc) is 3.10. The maximum atomic E-state index is 12.9. The monoisotopic (exact) mass is 490 g/mol. The van der Waals surface area contributed by atoms with E-state index in [9.17, 15) is 19.7 Å². The summed E-state index contributed by atoms with van der Waals surface area (Å²) in [7, 11) is 1.49. The lowest BCUT2D eigenvalue weighted by Gasteiger charge is -2.13. The molecule has 2 amide bonds. The van der Waals surface area contributed by atoms with Crippen LogP contribution in [0.3, 0.4) is 0 Å². The summed E-state index contributed by atoms with van der Waals surface area (Å²) in [5, 5.41) is 10.9. The van der Waals surface area contributed by atoms with Crippen LogP contribution in [0.5, 0.6) is 11.5 Å². The van der Waals surface area contributed by atoms with Crippen molar-refractivity contribution in [2.24, 2.45) is 0 Å². The molecule has 0 atom stereocenters. The normalized spacial score (nSPS) is 14.5. The number of benzene rings is 3. The highest BCUT2D eigenvalue weighted by molar-refractivity contribution is 8.18. The van der Waals surface area contributed by atoms with Crippen molar-refractivity contribution in [3.8, 4) is 11.5 Å². The van der Waals surface area contributed by atoms with Crippen molar-refractivity contribution in [1.29, 1.82) is 0 Å². The summed E-state index contributed by atoms with van der Waals surface area (Å²) in [6.07, 6.45) is 1.62. The Morgan fingerprint density at radius 1 is 1.03 bits per heavy atom. The van der Waals surface area contributed by atoms with Crippen LogP contribution >= 0.6 is 11.8 Å². The molecule has 3 aromatic rings. The standard InChI is InChI=1S/C26H22N2O6S/c1-17-6-5-7-19(12-17)15-27-25(29)24(35-26(27)30)14-18-10-11-22(33-2)23(13-18)34-16-20-8-3-4-9-21(20)28(31)32/h3-14H,15-16H2,1-2H3/b24-14-. The molecule has 9 heteroatoms. The van der Waals surface area contributed by atoms with Gasteiger partial charge in [0.2, 0.25) is 0 Å². The summed E-state index contributed by atoms with van der Waals surface area (Å²) in [6, 6.07) is 19.1. The van der Waals surface area contributed by atoms with Crippen LogP contribution in [0.1, 0.15) is 22.3 Å². The van der Waals surface area contributed by atoms with Gasteiger partial charge in [-0.2, -0.15) is 0 Å². The van der Waals surface area contributed by atoms with Crippen molar-refractivity contribution in [1.82, 2.24) is 4.90 Å². The van der Waals surface area contributed by atoms with Crippen LogP contribution in [0, 0.1) is 17.0 Å². The molecular formula is C26H22N2O6S. The summed E-state index contributed by atoms with van der Waals surface area (Å²) in [5.74, 6) is 0.436. The topological polar surface area (TPSA) is 99.0 Å². The molecule has 1 aliphatic rings. The summed E-state index contributed by atoms with van der Waals surface area (Å²) in [5.41, 5.74) is 2.94. The van der Waals surface area contributed by atoms with E-state index in [0.717, 1.165) is 22.9 Å². The number of ether oxygens (including phenoxy) is 2. The van der Waals surface area contributed by atoms with Crippen molar-refractivity contribution in [3.05, 3.63) is 104 Å². The molecular weight excluding hydrogens is 468 g/mol. The molecule has 0 radical (unpaired) electrons. The highest BCUT2D eigenvalue weighted by Gasteiger charge is 2.35. The molecule has 0 spiro atoms. The molecule has 0 aromatic heterocycles. The van der Waals surface area contributed by atoms with Crippen LogP contribution in [0.15, 0.2) is 71.6 Å². The van der Waals surface area contributed by atoms with E-state index in [2.05, 4.69) is 0 Å². The minimum absolute atomic E-state index is 0.0371. The number of nitrogens with zero attached hydrogens (tertiary/aromatic N) is 2. The first-order valence-corrected chi connectivity index (χ1v) is 11.5. The van der Waals surface area contributed by atoms with E-state index in [1.807, 2.05) is 31.2 Å². The van der Waals surface area contributed by atoms with E-state index in [4.69, 9.17) is 9.47 Å². The number of methoxy groups -OCH3 is 1. The SMILES string of the molecule is COc1ccc(/C=C2\SC(=O)N(Cc3cccc(C)c3)C2=O)cc1OCc1ccccc1[N+](=O)[O-]. The number of nitro benzene ring substituents is 1. The zero-order valence-corrected chi connectivity index (χ0v) is 19.9. The lowest BCUT2D eigenvalue weighted by Crippen LogP contribution is -2.27. The van der Waals surface area contributed by atoms with Gasteiger partial charge in [-0.25, -0.2) is 0 Å². The Morgan fingerprint density at radius 2 is 1.83 bits per heavy atom. The van der Waals surface area contributed by atoms with Crippen LogP contribution < -0.4 is 9.47 Å². The molecule has 1 saturated heterocycles. The van der Waals surface area contributed by atoms with Crippen molar-refractivity contribution < 1.29 is 24.0 Å². The quantitative estimate of drug-likeness (QED) is 0.226. The fourth-order valence-corrected chi connectivity index (χ4v) is 4.48.